The quantitative estimate of drug-likeness (QED) is 0.397. The summed E-state index contributed by atoms with van der Waals surface area (Å²) in [6.07, 6.45) is 4.47. The molecule has 1 aliphatic rings. The SMILES string of the molecule is C[C@@H](N[C@H]1CCC(c2ccc(C(=O)NCCNS(C)(=O)=O)cc2)C1)c1csc2ccccc12. The zero-order valence-electron chi connectivity index (χ0n) is 19.0. The van der Waals surface area contributed by atoms with Crippen LogP contribution in [0.15, 0.2) is 53.9 Å². The molecule has 1 aliphatic carbocycles. The van der Waals surface area contributed by atoms with Crippen LogP contribution in [0.5, 0.6) is 0 Å². The number of benzene rings is 2. The van der Waals surface area contributed by atoms with E-state index < -0.39 is 10.0 Å². The van der Waals surface area contributed by atoms with Gasteiger partial charge in [-0.15, -0.1) is 11.3 Å². The third kappa shape index (κ3) is 6.20. The summed E-state index contributed by atoms with van der Waals surface area (Å²) in [6.45, 7) is 2.68. The predicted octanol–water partition coefficient (Wildman–Crippen LogP) is 4.17. The molecule has 1 unspecified atom stereocenters. The Bertz CT molecular complexity index is 1210. The first-order chi connectivity index (χ1) is 15.8. The molecule has 0 bridgehead atoms. The number of hydrogen-bond acceptors (Lipinski definition) is 5. The van der Waals surface area contributed by atoms with E-state index in [9.17, 15) is 13.2 Å². The minimum absolute atomic E-state index is 0.179. The Balaban J connectivity index is 1.28. The second kappa shape index (κ2) is 10.3. The van der Waals surface area contributed by atoms with Crippen molar-refractivity contribution in [2.24, 2.45) is 0 Å². The van der Waals surface area contributed by atoms with Gasteiger partial charge in [0.05, 0.1) is 6.26 Å². The van der Waals surface area contributed by atoms with Gasteiger partial charge in [0.2, 0.25) is 10.0 Å². The molecule has 1 amide bonds. The lowest BCUT2D eigenvalue weighted by atomic mass is 9.96. The molecule has 0 saturated heterocycles. The van der Waals surface area contributed by atoms with Gasteiger partial charge in [-0.1, -0.05) is 30.3 Å². The molecule has 176 valence electrons. The number of carbonyl (C=O) groups excluding carboxylic acids is 1. The van der Waals surface area contributed by atoms with Crippen molar-refractivity contribution in [2.45, 2.75) is 44.2 Å². The van der Waals surface area contributed by atoms with E-state index in [4.69, 9.17) is 0 Å². The zero-order valence-corrected chi connectivity index (χ0v) is 20.6. The van der Waals surface area contributed by atoms with Gasteiger partial charge in [-0.05, 0) is 72.2 Å². The van der Waals surface area contributed by atoms with Crippen molar-refractivity contribution < 1.29 is 13.2 Å². The van der Waals surface area contributed by atoms with Crippen molar-refractivity contribution in [2.75, 3.05) is 19.3 Å². The normalized spacial score (nSPS) is 19.6. The number of amides is 1. The fourth-order valence-electron chi connectivity index (χ4n) is 4.63. The van der Waals surface area contributed by atoms with Crippen molar-refractivity contribution in [3.8, 4) is 0 Å². The van der Waals surface area contributed by atoms with Crippen LogP contribution in [0.4, 0.5) is 0 Å². The van der Waals surface area contributed by atoms with Gasteiger partial charge in [-0.2, -0.15) is 0 Å². The van der Waals surface area contributed by atoms with Gasteiger partial charge in [0, 0.05) is 35.4 Å². The second-order valence-electron chi connectivity index (χ2n) is 8.83. The van der Waals surface area contributed by atoms with E-state index in [1.807, 2.05) is 24.3 Å². The molecule has 3 atom stereocenters. The summed E-state index contributed by atoms with van der Waals surface area (Å²) in [6, 6.07) is 17.2. The Labute approximate surface area is 199 Å². The zero-order chi connectivity index (χ0) is 23.4. The molecule has 1 aromatic heterocycles. The maximum Gasteiger partial charge on any atom is 0.251 e. The maximum atomic E-state index is 12.3. The minimum atomic E-state index is -3.24. The summed E-state index contributed by atoms with van der Waals surface area (Å²) in [5, 5.41) is 10.2. The monoisotopic (exact) mass is 485 g/mol. The van der Waals surface area contributed by atoms with Crippen molar-refractivity contribution in [3.63, 3.8) is 0 Å². The molecule has 2 aromatic carbocycles. The standard InChI is InChI=1S/C25H31N3O3S2/c1-17(23-16-32-24-6-4-3-5-22(23)24)28-21-12-11-20(15-21)18-7-9-19(10-8-18)25(29)26-13-14-27-33(2,30)31/h3-10,16-17,20-21,27-28H,11-15H2,1-2H3,(H,26,29)/t17-,20?,21+/m1/s1. The summed E-state index contributed by atoms with van der Waals surface area (Å²) in [4.78, 5) is 12.3. The molecular formula is C25H31N3O3S2. The van der Waals surface area contributed by atoms with Gasteiger partial charge < -0.3 is 10.6 Å². The molecule has 33 heavy (non-hydrogen) atoms. The summed E-state index contributed by atoms with van der Waals surface area (Å²) in [5.74, 6) is 0.296. The Morgan fingerprint density at radius 3 is 2.61 bits per heavy atom. The first kappa shape index (κ1) is 23.9. The predicted molar refractivity (Wildman–Crippen MR) is 135 cm³/mol. The average Bonchev–Trinajstić information content (AvgIpc) is 3.43. The number of thiophene rings is 1. The number of rotatable bonds is 9. The van der Waals surface area contributed by atoms with E-state index in [2.05, 4.69) is 51.9 Å². The highest BCUT2D eigenvalue weighted by Gasteiger charge is 2.27. The molecule has 1 saturated carbocycles. The first-order valence-corrected chi connectivity index (χ1v) is 14.1. The molecule has 8 heteroatoms. The van der Waals surface area contributed by atoms with Crippen LogP contribution in [0, 0.1) is 0 Å². The van der Waals surface area contributed by atoms with Gasteiger partial charge in [0.25, 0.3) is 5.91 Å². The smallest absolute Gasteiger partial charge is 0.251 e. The maximum absolute atomic E-state index is 12.3. The minimum Gasteiger partial charge on any atom is -0.351 e. The number of carbonyl (C=O) groups is 1. The Morgan fingerprint density at radius 2 is 1.85 bits per heavy atom. The number of sulfonamides is 1. The third-order valence-corrected chi connectivity index (χ3v) is 8.03. The van der Waals surface area contributed by atoms with Crippen LogP contribution in [-0.2, 0) is 10.0 Å². The molecule has 0 spiro atoms. The highest BCUT2D eigenvalue weighted by Crippen LogP contribution is 2.37. The van der Waals surface area contributed by atoms with E-state index >= 15 is 0 Å². The number of fused-ring (bicyclic) bond motifs is 1. The topological polar surface area (TPSA) is 87.3 Å². The number of hydrogen-bond donors (Lipinski definition) is 3. The third-order valence-electron chi connectivity index (χ3n) is 6.31. The van der Waals surface area contributed by atoms with E-state index in [0.29, 0.717) is 23.6 Å². The molecule has 0 aliphatic heterocycles. The van der Waals surface area contributed by atoms with E-state index in [1.54, 1.807) is 11.3 Å². The molecule has 0 radical (unpaired) electrons. The van der Waals surface area contributed by atoms with E-state index in [0.717, 1.165) is 25.5 Å². The highest BCUT2D eigenvalue weighted by molar-refractivity contribution is 7.88. The molecule has 6 nitrogen and oxygen atoms in total. The molecule has 1 fully saturated rings. The molecular weight excluding hydrogens is 454 g/mol. The molecule has 4 rings (SSSR count). The van der Waals surface area contributed by atoms with Gasteiger partial charge in [0.15, 0.2) is 0 Å². The summed E-state index contributed by atoms with van der Waals surface area (Å²) < 4.78 is 25.8. The lowest BCUT2D eigenvalue weighted by molar-refractivity contribution is 0.0954. The largest absolute Gasteiger partial charge is 0.351 e. The summed E-state index contributed by atoms with van der Waals surface area (Å²) in [5.41, 5.74) is 3.23. The lowest BCUT2D eigenvalue weighted by Gasteiger charge is -2.20. The first-order valence-electron chi connectivity index (χ1n) is 11.3. The number of nitrogens with one attached hydrogen (secondary N) is 3. The van der Waals surface area contributed by atoms with Crippen molar-refractivity contribution in [1.29, 1.82) is 0 Å². The second-order valence-corrected chi connectivity index (χ2v) is 11.6. The fraction of sp³-hybridized carbons (Fsp3) is 0.400. The summed E-state index contributed by atoms with van der Waals surface area (Å²) >= 11 is 1.81. The van der Waals surface area contributed by atoms with Crippen LogP contribution < -0.4 is 15.4 Å². The Kier molecular flexibility index (Phi) is 7.48. The van der Waals surface area contributed by atoms with Crippen molar-refractivity contribution in [1.82, 2.24) is 15.4 Å². The van der Waals surface area contributed by atoms with Crippen LogP contribution in [0.25, 0.3) is 10.1 Å². The van der Waals surface area contributed by atoms with Crippen LogP contribution in [0.1, 0.15) is 59.6 Å². The Hall–Kier alpha value is -2.26. The molecule has 3 N–H and O–H groups in total. The van der Waals surface area contributed by atoms with Crippen molar-refractivity contribution in [3.05, 3.63) is 70.6 Å². The van der Waals surface area contributed by atoms with Crippen LogP contribution >= 0.6 is 11.3 Å². The molecule has 3 aromatic rings. The average molecular weight is 486 g/mol. The van der Waals surface area contributed by atoms with Gasteiger partial charge in [0.1, 0.15) is 0 Å². The van der Waals surface area contributed by atoms with Crippen LogP contribution in [-0.4, -0.2) is 39.7 Å². The van der Waals surface area contributed by atoms with Gasteiger partial charge in [-0.25, -0.2) is 13.1 Å². The highest BCUT2D eigenvalue weighted by atomic mass is 32.2. The fourth-order valence-corrected chi connectivity index (χ4v) is 6.16. The lowest BCUT2D eigenvalue weighted by Crippen LogP contribution is -2.34. The van der Waals surface area contributed by atoms with Crippen LogP contribution in [0.2, 0.25) is 0 Å². The van der Waals surface area contributed by atoms with Crippen LogP contribution in [0.3, 0.4) is 0 Å². The van der Waals surface area contributed by atoms with E-state index in [-0.39, 0.29) is 19.0 Å². The molecule has 1 heterocycles. The van der Waals surface area contributed by atoms with Gasteiger partial charge >= 0.3 is 0 Å². The van der Waals surface area contributed by atoms with Crippen molar-refractivity contribution >= 4 is 37.4 Å². The summed E-state index contributed by atoms with van der Waals surface area (Å²) in [7, 11) is -3.24. The van der Waals surface area contributed by atoms with Gasteiger partial charge in [-0.3, -0.25) is 4.79 Å². The van der Waals surface area contributed by atoms with E-state index in [1.165, 1.54) is 21.2 Å². The Morgan fingerprint density at radius 1 is 1.09 bits per heavy atom.